The zero-order valence-corrected chi connectivity index (χ0v) is 17.3. The Balaban J connectivity index is 1.61. The molecular weight excluding hydrogens is 386 g/mol. The van der Waals surface area contributed by atoms with Crippen LogP contribution in [0.15, 0.2) is 65.5 Å². The summed E-state index contributed by atoms with van der Waals surface area (Å²) in [5, 5.41) is 7.93. The molecule has 0 unspecified atom stereocenters. The molecule has 0 bridgehead atoms. The van der Waals surface area contributed by atoms with Crippen LogP contribution in [-0.2, 0) is 17.9 Å². The third-order valence-corrected chi connectivity index (χ3v) is 4.95. The maximum absolute atomic E-state index is 12.1. The Hall–Kier alpha value is -2.92. The molecule has 1 N–H and O–H groups in total. The average molecular weight is 410 g/mol. The number of amides is 1. The number of aromatic nitrogens is 2. The van der Waals surface area contributed by atoms with Crippen molar-refractivity contribution in [1.82, 2.24) is 15.1 Å². The van der Waals surface area contributed by atoms with Crippen molar-refractivity contribution in [3.8, 4) is 11.3 Å². The molecule has 1 aromatic heterocycles. The van der Waals surface area contributed by atoms with E-state index in [9.17, 15) is 9.59 Å². The largest absolute Gasteiger partial charge is 0.352 e. The molecule has 0 aliphatic carbocycles. The second-order valence-electron chi connectivity index (χ2n) is 7.21. The number of carbonyl (C=O) groups excluding carboxylic acids is 1. The smallest absolute Gasteiger partial charge is 0.266 e. The van der Waals surface area contributed by atoms with Crippen molar-refractivity contribution >= 4 is 17.5 Å². The molecule has 0 spiro atoms. The van der Waals surface area contributed by atoms with Gasteiger partial charge in [-0.25, -0.2) is 4.68 Å². The number of hydrogen-bond donors (Lipinski definition) is 1. The van der Waals surface area contributed by atoms with Gasteiger partial charge in [-0.1, -0.05) is 61.8 Å². The first kappa shape index (κ1) is 20.8. The molecule has 3 rings (SSSR count). The highest BCUT2D eigenvalue weighted by atomic mass is 35.5. The minimum atomic E-state index is -0.224. The fourth-order valence-electron chi connectivity index (χ4n) is 2.90. The predicted molar refractivity (Wildman–Crippen MR) is 116 cm³/mol. The lowest BCUT2D eigenvalue weighted by molar-refractivity contribution is -0.121. The molecule has 5 nitrogen and oxygen atoms in total. The van der Waals surface area contributed by atoms with E-state index in [1.807, 2.05) is 24.3 Å². The van der Waals surface area contributed by atoms with E-state index < -0.39 is 0 Å². The molecule has 0 saturated carbocycles. The van der Waals surface area contributed by atoms with E-state index in [1.165, 1.54) is 16.3 Å². The Morgan fingerprint density at radius 1 is 1.03 bits per heavy atom. The van der Waals surface area contributed by atoms with Crippen LogP contribution in [0.1, 0.15) is 37.3 Å². The van der Waals surface area contributed by atoms with Gasteiger partial charge in [0.1, 0.15) is 0 Å². The van der Waals surface area contributed by atoms with Crippen molar-refractivity contribution in [2.24, 2.45) is 0 Å². The van der Waals surface area contributed by atoms with Gasteiger partial charge in [-0.05, 0) is 35.2 Å². The van der Waals surface area contributed by atoms with Crippen molar-refractivity contribution in [2.45, 2.75) is 39.3 Å². The first-order chi connectivity index (χ1) is 13.9. The first-order valence-corrected chi connectivity index (χ1v) is 10.00. The van der Waals surface area contributed by atoms with Gasteiger partial charge < -0.3 is 5.32 Å². The fourth-order valence-corrected chi connectivity index (χ4v) is 3.03. The maximum Gasteiger partial charge on any atom is 0.266 e. The molecule has 1 amide bonds. The van der Waals surface area contributed by atoms with Crippen LogP contribution < -0.4 is 10.9 Å². The van der Waals surface area contributed by atoms with Gasteiger partial charge in [0.2, 0.25) is 5.91 Å². The van der Waals surface area contributed by atoms with Gasteiger partial charge in [-0.2, -0.15) is 5.10 Å². The van der Waals surface area contributed by atoms with Crippen LogP contribution in [0.5, 0.6) is 0 Å². The van der Waals surface area contributed by atoms with Gasteiger partial charge in [0.15, 0.2) is 0 Å². The van der Waals surface area contributed by atoms with E-state index in [0.717, 1.165) is 11.1 Å². The monoisotopic (exact) mass is 409 g/mol. The van der Waals surface area contributed by atoms with Gasteiger partial charge in [0.25, 0.3) is 5.56 Å². The van der Waals surface area contributed by atoms with Crippen molar-refractivity contribution in [3.05, 3.63) is 87.2 Å². The number of nitrogens with zero attached hydrogens (tertiary/aromatic N) is 2. The third kappa shape index (κ3) is 5.78. The molecule has 0 atom stereocenters. The average Bonchev–Trinajstić information content (AvgIpc) is 2.73. The summed E-state index contributed by atoms with van der Waals surface area (Å²) in [7, 11) is 0. The highest BCUT2D eigenvalue weighted by molar-refractivity contribution is 6.30. The zero-order valence-electron chi connectivity index (χ0n) is 16.6. The predicted octanol–water partition coefficient (Wildman–Crippen LogP) is 4.39. The Morgan fingerprint density at radius 2 is 1.72 bits per heavy atom. The van der Waals surface area contributed by atoms with Crippen molar-refractivity contribution in [1.29, 1.82) is 0 Å². The SMILES string of the molecule is CC(C)c1ccc(-c2ccc(=O)n(CCC(=O)NCc3ccc(Cl)cc3)n2)cc1. The Morgan fingerprint density at radius 3 is 2.38 bits per heavy atom. The van der Waals surface area contributed by atoms with Gasteiger partial charge in [0, 0.05) is 29.6 Å². The zero-order chi connectivity index (χ0) is 20.8. The second kappa shape index (κ2) is 9.52. The van der Waals surface area contributed by atoms with Crippen molar-refractivity contribution < 1.29 is 4.79 Å². The maximum atomic E-state index is 12.1. The molecule has 0 saturated heterocycles. The van der Waals surface area contributed by atoms with E-state index in [4.69, 9.17) is 11.6 Å². The number of carbonyl (C=O) groups is 1. The Bertz CT molecular complexity index is 1030. The standard InChI is InChI=1S/C23H24ClN3O2/c1-16(2)18-5-7-19(8-6-18)21-11-12-23(29)27(26-21)14-13-22(28)25-15-17-3-9-20(24)10-4-17/h3-12,16H,13-15H2,1-2H3,(H,25,28). The topological polar surface area (TPSA) is 64.0 Å². The highest BCUT2D eigenvalue weighted by Gasteiger charge is 2.07. The van der Waals surface area contributed by atoms with Crippen molar-refractivity contribution in [3.63, 3.8) is 0 Å². The van der Waals surface area contributed by atoms with Crippen LogP contribution >= 0.6 is 11.6 Å². The fraction of sp³-hybridized carbons (Fsp3) is 0.261. The van der Waals surface area contributed by atoms with Crippen LogP contribution in [0.25, 0.3) is 11.3 Å². The summed E-state index contributed by atoms with van der Waals surface area (Å²) in [4.78, 5) is 24.3. The van der Waals surface area contributed by atoms with Gasteiger partial charge in [0.05, 0.1) is 12.2 Å². The van der Waals surface area contributed by atoms with Gasteiger partial charge >= 0.3 is 0 Å². The van der Waals surface area contributed by atoms with Crippen LogP contribution in [0.3, 0.4) is 0 Å². The van der Waals surface area contributed by atoms with E-state index in [1.54, 1.807) is 18.2 Å². The first-order valence-electron chi connectivity index (χ1n) is 9.62. The third-order valence-electron chi connectivity index (χ3n) is 4.69. The minimum Gasteiger partial charge on any atom is -0.352 e. The molecule has 3 aromatic rings. The van der Waals surface area contributed by atoms with Crippen LogP contribution in [0, 0.1) is 0 Å². The lowest BCUT2D eigenvalue weighted by Crippen LogP contribution is -2.28. The molecule has 150 valence electrons. The van der Waals surface area contributed by atoms with Gasteiger partial charge in [-0.15, -0.1) is 0 Å². The molecule has 0 aliphatic heterocycles. The van der Waals surface area contributed by atoms with E-state index in [2.05, 4.69) is 36.4 Å². The minimum absolute atomic E-state index is 0.139. The number of nitrogens with one attached hydrogen (secondary N) is 1. The van der Waals surface area contributed by atoms with E-state index in [-0.39, 0.29) is 24.4 Å². The molecule has 0 fully saturated rings. The highest BCUT2D eigenvalue weighted by Crippen LogP contribution is 2.20. The van der Waals surface area contributed by atoms with Crippen molar-refractivity contribution in [2.75, 3.05) is 0 Å². The second-order valence-corrected chi connectivity index (χ2v) is 7.65. The summed E-state index contributed by atoms with van der Waals surface area (Å²) in [6.07, 6.45) is 0.177. The lowest BCUT2D eigenvalue weighted by atomic mass is 10.0. The lowest BCUT2D eigenvalue weighted by Gasteiger charge is -2.09. The molecule has 29 heavy (non-hydrogen) atoms. The number of benzene rings is 2. The van der Waals surface area contributed by atoms with Crippen LogP contribution in [0.2, 0.25) is 5.02 Å². The number of aryl methyl sites for hydroxylation is 1. The summed E-state index contributed by atoms with van der Waals surface area (Å²) in [6, 6.07) is 18.6. The van der Waals surface area contributed by atoms with E-state index in [0.29, 0.717) is 23.2 Å². The molecule has 6 heteroatoms. The summed E-state index contributed by atoms with van der Waals surface area (Å²) in [6.45, 7) is 4.93. The number of halogens is 1. The molecular formula is C23H24ClN3O2. The molecule has 2 aromatic carbocycles. The van der Waals surface area contributed by atoms with E-state index >= 15 is 0 Å². The van der Waals surface area contributed by atoms with Crippen LogP contribution in [0.4, 0.5) is 0 Å². The molecule has 0 radical (unpaired) electrons. The summed E-state index contributed by atoms with van der Waals surface area (Å²) < 4.78 is 1.34. The van der Waals surface area contributed by atoms with Crippen LogP contribution in [-0.4, -0.2) is 15.7 Å². The Labute approximate surface area is 175 Å². The molecule has 0 aliphatic rings. The Kier molecular flexibility index (Phi) is 6.83. The molecule has 1 heterocycles. The summed E-state index contributed by atoms with van der Waals surface area (Å²) >= 11 is 5.86. The summed E-state index contributed by atoms with van der Waals surface area (Å²) in [5.74, 6) is 0.317. The summed E-state index contributed by atoms with van der Waals surface area (Å²) in [5.41, 5.74) is 3.64. The number of rotatable bonds is 7. The van der Waals surface area contributed by atoms with Gasteiger partial charge in [-0.3, -0.25) is 9.59 Å². The normalized spacial score (nSPS) is 10.9. The number of hydrogen-bond acceptors (Lipinski definition) is 3. The quantitative estimate of drug-likeness (QED) is 0.629.